The number of carbonyl (C=O) groups excluding carboxylic acids is 1. The van der Waals surface area contributed by atoms with E-state index in [1.807, 2.05) is 23.5 Å². The number of aryl methyl sites for hydroxylation is 1. The first-order valence-corrected chi connectivity index (χ1v) is 11.9. The maximum Gasteiger partial charge on any atom is 0.318 e. The van der Waals surface area contributed by atoms with Crippen LogP contribution in [0.15, 0.2) is 24.3 Å². The fraction of sp³-hybridized carbons (Fsp3) is 0.542. The number of hydrogen-bond donors (Lipinski definition) is 1. The number of rotatable bonds is 3. The topological polar surface area (TPSA) is 41.6 Å². The van der Waals surface area contributed by atoms with Gasteiger partial charge in [0.2, 0.25) is 0 Å². The van der Waals surface area contributed by atoms with E-state index >= 15 is 0 Å². The molecule has 0 saturated heterocycles. The molecule has 1 fully saturated rings. The zero-order chi connectivity index (χ0) is 19.8. The Morgan fingerprint density at radius 2 is 1.86 bits per heavy atom. The fourth-order valence-corrected chi connectivity index (χ4v) is 6.97. The van der Waals surface area contributed by atoms with E-state index in [2.05, 4.69) is 22.3 Å². The molecule has 1 aromatic carbocycles. The largest absolute Gasteiger partial charge is 0.496 e. The number of carbonyl (C=O) groups is 1. The summed E-state index contributed by atoms with van der Waals surface area (Å²) in [6.45, 7) is 0.775. The monoisotopic (exact) mass is 410 g/mol. The molecule has 0 spiro atoms. The standard InChI is InChI=1S/C24H30N2O2S/c1-28-20-12-6-4-11-19(20)22-23-18(17-10-5-7-13-21(17)29-23)14-15-26(22)24(27)25-16-8-2-3-9-16/h4,6,11-12,16,22H,2-3,5,7-10,13-15H2,1H3,(H,25,27)/t22-/m0/s1. The number of fused-ring (bicyclic) bond motifs is 3. The van der Waals surface area contributed by atoms with Crippen molar-refractivity contribution in [1.82, 2.24) is 10.2 Å². The van der Waals surface area contributed by atoms with Crippen molar-refractivity contribution in [2.75, 3.05) is 13.7 Å². The molecule has 2 aromatic rings. The van der Waals surface area contributed by atoms with Gasteiger partial charge in [-0.05, 0) is 62.1 Å². The average molecular weight is 411 g/mol. The van der Waals surface area contributed by atoms with E-state index in [0.717, 1.165) is 37.1 Å². The molecule has 0 bridgehead atoms. The van der Waals surface area contributed by atoms with Crippen LogP contribution in [0.4, 0.5) is 4.79 Å². The van der Waals surface area contributed by atoms with Crippen molar-refractivity contribution in [3.63, 3.8) is 0 Å². The molecule has 1 aromatic heterocycles. The number of urea groups is 1. The van der Waals surface area contributed by atoms with Crippen LogP contribution >= 0.6 is 11.3 Å². The molecule has 1 atom stereocenters. The summed E-state index contributed by atoms with van der Waals surface area (Å²) in [5, 5.41) is 3.33. The van der Waals surface area contributed by atoms with Gasteiger partial charge in [-0.25, -0.2) is 4.79 Å². The summed E-state index contributed by atoms with van der Waals surface area (Å²) in [5.74, 6) is 0.871. The number of para-hydroxylation sites is 1. The molecule has 0 unspecified atom stereocenters. The van der Waals surface area contributed by atoms with E-state index in [9.17, 15) is 4.79 Å². The third-order valence-corrected chi connectivity index (χ3v) is 8.24. The lowest BCUT2D eigenvalue weighted by atomic mass is 9.88. The summed E-state index contributed by atoms with van der Waals surface area (Å²) in [4.78, 5) is 18.4. The Morgan fingerprint density at radius 1 is 1.07 bits per heavy atom. The first-order chi connectivity index (χ1) is 14.3. The highest BCUT2D eigenvalue weighted by atomic mass is 32.1. The number of benzene rings is 1. The lowest BCUT2D eigenvalue weighted by Crippen LogP contribution is -2.48. The van der Waals surface area contributed by atoms with Crippen molar-refractivity contribution in [3.05, 3.63) is 50.7 Å². The van der Waals surface area contributed by atoms with Gasteiger partial charge >= 0.3 is 6.03 Å². The minimum Gasteiger partial charge on any atom is -0.496 e. The van der Waals surface area contributed by atoms with Crippen molar-refractivity contribution in [2.24, 2.45) is 0 Å². The first-order valence-electron chi connectivity index (χ1n) is 11.1. The quantitative estimate of drug-likeness (QED) is 0.752. The second-order valence-corrected chi connectivity index (χ2v) is 9.71. The maximum absolute atomic E-state index is 13.4. The van der Waals surface area contributed by atoms with Crippen LogP contribution in [-0.4, -0.2) is 30.6 Å². The molecule has 154 valence electrons. The van der Waals surface area contributed by atoms with Crippen LogP contribution in [0.2, 0.25) is 0 Å². The Kier molecular flexibility index (Phi) is 5.25. The third kappa shape index (κ3) is 3.43. The molecule has 29 heavy (non-hydrogen) atoms. The maximum atomic E-state index is 13.4. The average Bonchev–Trinajstić information content (AvgIpc) is 3.40. The number of ether oxygens (including phenoxy) is 1. The number of nitrogens with one attached hydrogen (secondary N) is 1. The van der Waals surface area contributed by atoms with Crippen molar-refractivity contribution >= 4 is 17.4 Å². The van der Waals surface area contributed by atoms with Crippen LogP contribution in [0, 0.1) is 0 Å². The minimum absolute atomic E-state index is 0.0492. The van der Waals surface area contributed by atoms with Crippen LogP contribution in [0.1, 0.15) is 71.0 Å². The molecule has 5 heteroatoms. The van der Waals surface area contributed by atoms with Gasteiger partial charge in [0.15, 0.2) is 0 Å². The van der Waals surface area contributed by atoms with Gasteiger partial charge in [-0.1, -0.05) is 31.0 Å². The van der Waals surface area contributed by atoms with E-state index in [0.29, 0.717) is 6.04 Å². The molecule has 2 heterocycles. The van der Waals surface area contributed by atoms with Gasteiger partial charge in [0.1, 0.15) is 5.75 Å². The van der Waals surface area contributed by atoms with Crippen LogP contribution in [-0.2, 0) is 19.3 Å². The molecule has 1 N–H and O–H groups in total. The molecule has 2 aliphatic carbocycles. The highest BCUT2D eigenvalue weighted by Gasteiger charge is 2.38. The SMILES string of the molecule is COc1ccccc1[C@H]1c2sc3c(c2CCN1C(=O)NC1CCCC1)CCCC3. The van der Waals surface area contributed by atoms with E-state index in [4.69, 9.17) is 4.74 Å². The van der Waals surface area contributed by atoms with E-state index in [-0.39, 0.29) is 12.1 Å². The van der Waals surface area contributed by atoms with Gasteiger partial charge in [-0.15, -0.1) is 11.3 Å². The zero-order valence-electron chi connectivity index (χ0n) is 17.2. The van der Waals surface area contributed by atoms with E-state index in [1.165, 1.54) is 49.0 Å². The van der Waals surface area contributed by atoms with Crippen LogP contribution < -0.4 is 10.1 Å². The van der Waals surface area contributed by atoms with Crippen molar-refractivity contribution in [3.8, 4) is 5.75 Å². The molecular formula is C24H30N2O2S. The lowest BCUT2D eigenvalue weighted by Gasteiger charge is -2.37. The molecule has 1 aliphatic heterocycles. The normalized spacial score (nSPS) is 21.6. The molecule has 4 nitrogen and oxygen atoms in total. The molecule has 1 saturated carbocycles. The number of amides is 2. The van der Waals surface area contributed by atoms with Crippen LogP contribution in [0.25, 0.3) is 0 Å². The van der Waals surface area contributed by atoms with Gasteiger partial charge < -0.3 is 15.0 Å². The Hall–Kier alpha value is -2.01. The van der Waals surface area contributed by atoms with E-state index < -0.39 is 0 Å². The first kappa shape index (κ1) is 19.0. The summed E-state index contributed by atoms with van der Waals surface area (Å²) in [5.41, 5.74) is 4.22. The predicted molar refractivity (Wildman–Crippen MR) is 117 cm³/mol. The zero-order valence-corrected chi connectivity index (χ0v) is 18.0. The van der Waals surface area contributed by atoms with Crippen molar-refractivity contribution < 1.29 is 9.53 Å². The second kappa shape index (κ2) is 8.02. The molecule has 0 radical (unpaired) electrons. The number of methoxy groups -OCH3 is 1. The van der Waals surface area contributed by atoms with Gasteiger partial charge in [0, 0.05) is 27.9 Å². The smallest absolute Gasteiger partial charge is 0.318 e. The van der Waals surface area contributed by atoms with Gasteiger partial charge in [-0.3, -0.25) is 0 Å². The Labute approximate surface area is 177 Å². The molecule has 3 aliphatic rings. The summed E-state index contributed by atoms with van der Waals surface area (Å²) in [7, 11) is 1.73. The summed E-state index contributed by atoms with van der Waals surface area (Å²) in [6, 6.07) is 8.59. The van der Waals surface area contributed by atoms with Gasteiger partial charge in [-0.2, -0.15) is 0 Å². The van der Waals surface area contributed by atoms with Crippen LogP contribution in [0.5, 0.6) is 5.75 Å². The predicted octanol–water partition coefficient (Wildman–Crippen LogP) is 5.24. The van der Waals surface area contributed by atoms with Gasteiger partial charge in [0.05, 0.1) is 13.2 Å². The minimum atomic E-state index is -0.0492. The Bertz CT molecular complexity index is 900. The number of hydrogen-bond acceptors (Lipinski definition) is 3. The summed E-state index contributed by atoms with van der Waals surface area (Å²) >= 11 is 1.95. The molecule has 2 amide bonds. The lowest BCUT2D eigenvalue weighted by molar-refractivity contribution is 0.176. The molecular weight excluding hydrogens is 380 g/mol. The number of thiophene rings is 1. The summed E-state index contributed by atoms with van der Waals surface area (Å²) < 4.78 is 5.72. The fourth-order valence-electron chi connectivity index (χ4n) is 5.40. The summed E-state index contributed by atoms with van der Waals surface area (Å²) in [6.07, 6.45) is 10.6. The third-order valence-electron chi connectivity index (χ3n) is 6.85. The number of nitrogens with zero attached hydrogens (tertiary/aromatic N) is 1. The van der Waals surface area contributed by atoms with Gasteiger partial charge in [0.25, 0.3) is 0 Å². The van der Waals surface area contributed by atoms with Crippen molar-refractivity contribution in [1.29, 1.82) is 0 Å². The Balaban J connectivity index is 1.56. The Morgan fingerprint density at radius 3 is 2.69 bits per heavy atom. The van der Waals surface area contributed by atoms with E-state index in [1.54, 1.807) is 17.6 Å². The highest BCUT2D eigenvalue weighted by Crippen LogP contribution is 2.46. The van der Waals surface area contributed by atoms with Crippen molar-refractivity contribution in [2.45, 2.75) is 69.9 Å². The molecule has 5 rings (SSSR count). The highest BCUT2D eigenvalue weighted by molar-refractivity contribution is 7.12. The van der Waals surface area contributed by atoms with Crippen LogP contribution in [0.3, 0.4) is 0 Å². The second-order valence-electron chi connectivity index (χ2n) is 8.57.